The van der Waals surface area contributed by atoms with Crippen LogP contribution >= 0.6 is 0 Å². The van der Waals surface area contributed by atoms with Crippen LogP contribution in [0.2, 0.25) is 0 Å². The molecule has 0 aliphatic carbocycles. The Labute approximate surface area is 166 Å². The van der Waals surface area contributed by atoms with Crippen LogP contribution in [0.3, 0.4) is 0 Å². The summed E-state index contributed by atoms with van der Waals surface area (Å²) in [7, 11) is 0. The largest absolute Gasteiger partial charge is 0.372 e. The van der Waals surface area contributed by atoms with E-state index in [1.165, 1.54) is 36.8 Å². The van der Waals surface area contributed by atoms with Gasteiger partial charge in [-0.3, -0.25) is 0 Å². The molecule has 0 amide bonds. The Morgan fingerprint density at radius 3 is 2.21 bits per heavy atom. The molecular weight excluding hydrogens is 344 g/mol. The second-order valence-corrected chi connectivity index (χ2v) is 7.35. The Morgan fingerprint density at radius 2 is 1.50 bits per heavy atom. The van der Waals surface area contributed by atoms with E-state index in [2.05, 4.69) is 73.3 Å². The highest BCUT2D eigenvalue weighted by Gasteiger charge is 2.10. The zero-order valence-electron chi connectivity index (χ0n) is 16.8. The summed E-state index contributed by atoms with van der Waals surface area (Å²) < 4.78 is 0. The van der Waals surface area contributed by atoms with Crippen LogP contribution in [0.4, 0.5) is 5.69 Å². The van der Waals surface area contributed by atoms with E-state index in [4.69, 9.17) is 10.2 Å². The molecule has 4 nitrogen and oxygen atoms in total. The van der Waals surface area contributed by atoms with Gasteiger partial charge < -0.3 is 4.90 Å². The molecule has 28 heavy (non-hydrogen) atoms. The molecule has 4 heteroatoms. The summed E-state index contributed by atoms with van der Waals surface area (Å²) in [6.45, 7) is 6.73. The lowest BCUT2D eigenvalue weighted by atomic mass is 10.1. The van der Waals surface area contributed by atoms with Gasteiger partial charge in [0.05, 0.1) is 5.69 Å². The molecule has 0 saturated carbocycles. The Balaban J connectivity index is 1.63. The fourth-order valence-corrected chi connectivity index (χ4v) is 3.63. The summed E-state index contributed by atoms with van der Waals surface area (Å²) in [6, 6.07) is 21.1. The fraction of sp³-hybridized carbons (Fsp3) is 0.333. The standard InChI is InChI=1S/C24H28N4/c1-3-5-17-27(18-6-4-2)20-12-14-21(15-13-20)28-25-23-16-11-19-9-7-8-10-22(19)24(23)26-28/h7-16H,3-6,17-18H2,1-2H3. The monoisotopic (exact) mass is 372 g/mol. The Kier molecular flexibility index (Phi) is 5.56. The third-order valence-electron chi connectivity index (χ3n) is 5.29. The zero-order valence-corrected chi connectivity index (χ0v) is 16.8. The molecule has 1 heterocycles. The van der Waals surface area contributed by atoms with Crippen molar-refractivity contribution in [2.24, 2.45) is 0 Å². The first-order chi connectivity index (χ1) is 13.8. The van der Waals surface area contributed by atoms with Crippen LogP contribution < -0.4 is 4.90 Å². The smallest absolute Gasteiger partial charge is 0.121 e. The minimum absolute atomic E-state index is 0.926. The molecule has 0 saturated heterocycles. The van der Waals surface area contributed by atoms with Crippen LogP contribution in [0.5, 0.6) is 0 Å². The van der Waals surface area contributed by atoms with Crippen LogP contribution in [0.15, 0.2) is 60.7 Å². The Hall–Kier alpha value is -2.88. The fourth-order valence-electron chi connectivity index (χ4n) is 3.63. The summed E-state index contributed by atoms with van der Waals surface area (Å²) in [5.74, 6) is 0. The second-order valence-electron chi connectivity index (χ2n) is 7.35. The van der Waals surface area contributed by atoms with E-state index in [-0.39, 0.29) is 0 Å². The van der Waals surface area contributed by atoms with Crippen molar-refractivity contribution >= 4 is 27.5 Å². The average Bonchev–Trinajstić information content (AvgIpc) is 3.19. The molecule has 0 bridgehead atoms. The lowest BCUT2D eigenvalue weighted by molar-refractivity contribution is 0.677. The maximum Gasteiger partial charge on any atom is 0.121 e. The summed E-state index contributed by atoms with van der Waals surface area (Å²) in [5, 5.41) is 11.8. The molecule has 144 valence electrons. The Morgan fingerprint density at radius 1 is 0.786 bits per heavy atom. The predicted molar refractivity (Wildman–Crippen MR) is 118 cm³/mol. The molecule has 0 atom stereocenters. The SMILES string of the molecule is CCCCN(CCCC)c1ccc(-n2nc3ccc4ccccc4c3n2)cc1. The molecule has 0 unspecified atom stereocenters. The van der Waals surface area contributed by atoms with Crippen molar-refractivity contribution in [2.45, 2.75) is 39.5 Å². The van der Waals surface area contributed by atoms with Crippen molar-refractivity contribution in [3.8, 4) is 5.69 Å². The highest BCUT2D eigenvalue weighted by Crippen LogP contribution is 2.24. The average molecular weight is 373 g/mol. The van der Waals surface area contributed by atoms with Crippen molar-refractivity contribution in [3.63, 3.8) is 0 Å². The minimum atomic E-state index is 0.926. The molecule has 0 spiro atoms. The van der Waals surface area contributed by atoms with Gasteiger partial charge in [-0.2, -0.15) is 4.80 Å². The van der Waals surface area contributed by atoms with Crippen LogP contribution in [0.1, 0.15) is 39.5 Å². The third kappa shape index (κ3) is 3.72. The number of hydrogen-bond acceptors (Lipinski definition) is 3. The molecule has 1 aromatic heterocycles. The zero-order chi connectivity index (χ0) is 19.3. The van der Waals surface area contributed by atoms with Gasteiger partial charge >= 0.3 is 0 Å². The van der Waals surface area contributed by atoms with Gasteiger partial charge in [-0.1, -0.05) is 57.0 Å². The van der Waals surface area contributed by atoms with Crippen LogP contribution in [-0.4, -0.2) is 28.1 Å². The van der Waals surface area contributed by atoms with E-state index in [1.807, 2.05) is 6.07 Å². The van der Waals surface area contributed by atoms with E-state index in [0.29, 0.717) is 0 Å². The first-order valence-electron chi connectivity index (χ1n) is 10.4. The highest BCUT2D eigenvalue weighted by molar-refractivity contribution is 6.03. The maximum atomic E-state index is 4.78. The Bertz CT molecular complexity index is 1040. The van der Waals surface area contributed by atoms with Crippen molar-refractivity contribution in [1.82, 2.24) is 15.0 Å². The van der Waals surface area contributed by atoms with Gasteiger partial charge in [0, 0.05) is 24.2 Å². The number of hydrogen-bond donors (Lipinski definition) is 0. The van der Waals surface area contributed by atoms with Crippen molar-refractivity contribution in [1.29, 1.82) is 0 Å². The van der Waals surface area contributed by atoms with Gasteiger partial charge in [-0.25, -0.2) is 0 Å². The number of unbranched alkanes of at least 4 members (excludes halogenated alkanes) is 2. The van der Waals surface area contributed by atoms with E-state index in [0.717, 1.165) is 35.2 Å². The first-order valence-corrected chi connectivity index (χ1v) is 10.4. The van der Waals surface area contributed by atoms with Gasteiger partial charge in [0.1, 0.15) is 11.0 Å². The number of rotatable bonds is 8. The molecule has 0 N–H and O–H groups in total. The second kappa shape index (κ2) is 8.42. The quantitative estimate of drug-likeness (QED) is 0.381. The molecule has 4 aromatic rings. The summed E-state index contributed by atoms with van der Waals surface area (Å²) in [6.07, 6.45) is 4.90. The van der Waals surface area contributed by atoms with E-state index in [9.17, 15) is 0 Å². The molecule has 4 rings (SSSR count). The molecule has 0 radical (unpaired) electrons. The number of fused-ring (bicyclic) bond motifs is 3. The van der Waals surface area contributed by atoms with Crippen LogP contribution in [0, 0.1) is 0 Å². The number of anilines is 1. The van der Waals surface area contributed by atoms with Crippen LogP contribution in [0.25, 0.3) is 27.5 Å². The number of aromatic nitrogens is 3. The van der Waals surface area contributed by atoms with Crippen molar-refractivity contribution in [3.05, 3.63) is 60.7 Å². The van der Waals surface area contributed by atoms with Crippen molar-refractivity contribution in [2.75, 3.05) is 18.0 Å². The maximum absolute atomic E-state index is 4.78. The predicted octanol–water partition coefficient (Wildman–Crippen LogP) is 5.98. The number of benzene rings is 3. The van der Waals surface area contributed by atoms with E-state index < -0.39 is 0 Å². The first kappa shape index (κ1) is 18.5. The molecule has 3 aromatic carbocycles. The van der Waals surface area contributed by atoms with E-state index in [1.54, 1.807) is 4.80 Å². The van der Waals surface area contributed by atoms with Gasteiger partial charge in [-0.15, -0.1) is 10.2 Å². The summed E-state index contributed by atoms with van der Waals surface area (Å²) in [5.41, 5.74) is 4.16. The molecule has 0 fully saturated rings. The highest BCUT2D eigenvalue weighted by atomic mass is 15.5. The van der Waals surface area contributed by atoms with Crippen LogP contribution in [-0.2, 0) is 0 Å². The normalized spacial score (nSPS) is 11.4. The lowest BCUT2D eigenvalue weighted by Gasteiger charge is -2.24. The van der Waals surface area contributed by atoms with E-state index >= 15 is 0 Å². The summed E-state index contributed by atoms with van der Waals surface area (Å²) in [4.78, 5) is 4.25. The molecular formula is C24H28N4. The molecule has 0 aliphatic heterocycles. The van der Waals surface area contributed by atoms with Gasteiger partial charge in [-0.05, 0) is 48.6 Å². The number of nitrogens with zero attached hydrogens (tertiary/aromatic N) is 4. The lowest BCUT2D eigenvalue weighted by Crippen LogP contribution is -2.25. The molecule has 0 aliphatic rings. The van der Waals surface area contributed by atoms with Crippen molar-refractivity contribution < 1.29 is 0 Å². The van der Waals surface area contributed by atoms with Gasteiger partial charge in [0.15, 0.2) is 0 Å². The topological polar surface area (TPSA) is 34.0 Å². The minimum Gasteiger partial charge on any atom is -0.372 e. The van der Waals surface area contributed by atoms with Gasteiger partial charge in [0.2, 0.25) is 0 Å². The van der Waals surface area contributed by atoms with Gasteiger partial charge in [0.25, 0.3) is 0 Å². The summed E-state index contributed by atoms with van der Waals surface area (Å²) >= 11 is 0. The third-order valence-corrected chi connectivity index (χ3v) is 5.29.